The van der Waals surface area contributed by atoms with Crippen molar-refractivity contribution in [2.45, 2.75) is 6.92 Å². The molecule has 4 N–H and O–H groups in total. The van der Waals surface area contributed by atoms with Gasteiger partial charge in [0.25, 0.3) is 0 Å². The molecular weight excluding hydrogens is 233 g/mol. The molecule has 0 saturated heterocycles. The van der Waals surface area contributed by atoms with E-state index in [4.69, 9.17) is 22.5 Å². The van der Waals surface area contributed by atoms with Gasteiger partial charge in [0, 0.05) is 17.5 Å². The van der Waals surface area contributed by atoms with E-state index in [0.29, 0.717) is 17.3 Å². The van der Waals surface area contributed by atoms with E-state index >= 15 is 0 Å². The van der Waals surface area contributed by atoms with Crippen molar-refractivity contribution in [3.8, 4) is 0 Å². The predicted octanol–water partition coefficient (Wildman–Crippen LogP) is 2.27. The van der Waals surface area contributed by atoms with Crippen LogP contribution in [0.3, 0.4) is 0 Å². The minimum atomic E-state index is -0.431. The highest BCUT2D eigenvalue weighted by molar-refractivity contribution is 6.30. The summed E-state index contributed by atoms with van der Waals surface area (Å²) in [5.74, 6) is -0.527. The second kappa shape index (κ2) is 5.55. The zero-order valence-electron chi connectivity index (χ0n) is 8.74. The van der Waals surface area contributed by atoms with Crippen molar-refractivity contribution in [2.75, 3.05) is 11.9 Å². The van der Waals surface area contributed by atoms with Crippen molar-refractivity contribution in [1.82, 2.24) is 0 Å². The van der Waals surface area contributed by atoms with E-state index in [1.165, 1.54) is 12.1 Å². The summed E-state index contributed by atoms with van der Waals surface area (Å²) in [4.78, 5) is 0. The number of hydrogen-bond acceptors (Lipinski definition) is 3. The lowest BCUT2D eigenvalue weighted by Gasteiger charge is -2.12. The minimum Gasteiger partial charge on any atom is -0.409 e. The normalized spacial score (nSPS) is 13.6. The lowest BCUT2D eigenvalue weighted by Crippen LogP contribution is -2.27. The molecule has 1 unspecified atom stereocenters. The molecule has 0 aliphatic carbocycles. The highest BCUT2D eigenvalue weighted by Crippen LogP contribution is 2.18. The number of benzene rings is 1. The van der Waals surface area contributed by atoms with E-state index in [9.17, 15) is 4.39 Å². The van der Waals surface area contributed by atoms with Crippen molar-refractivity contribution in [3.63, 3.8) is 0 Å². The van der Waals surface area contributed by atoms with Gasteiger partial charge in [-0.2, -0.15) is 0 Å². The maximum absolute atomic E-state index is 13.3. The number of nitrogens with one attached hydrogen (secondary N) is 1. The monoisotopic (exact) mass is 245 g/mol. The first-order valence-electron chi connectivity index (χ1n) is 4.71. The minimum absolute atomic E-state index is 0.0990. The van der Waals surface area contributed by atoms with Crippen LogP contribution in [0.15, 0.2) is 23.4 Å². The Morgan fingerprint density at radius 1 is 1.69 bits per heavy atom. The zero-order chi connectivity index (χ0) is 12.1. The Hall–Kier alpha value is -1.49. The molecule has 0 aliphatic heterocycles. The van der Waals surface area contributed by atoms with Crippen LogP contribution in [0.2, 0.25) is 5.02 Å². The summed E-state index contributed by atoms with van der Waals surface area (Å²) in [6, 6.07) is 4.34. The quantitative estimate of drug-likeness (QED) is 0.330. The zero-order valence-corrected chi connectivity index (χ0v) is 9.50. The highest BCUT2D eigenvalue weighted by Gasteiger charge is 2.09. The molecule has 4 nitrogen and oxygen atoms in total. The third-order valence-electron chi connectivity index (χ3n) is 2.15. The van der Waals surface area contributed by atoms with Gasteiger partial charge < -0.3 is 16.3 Å². The highest BCUT2D eigenvalue weighted by atomic mass is 35.5. The van der Waals surface area contributed by atoms with Crippen molar-refractivity contribution in [1.29, 1.82) is 0 Å². The SMILES string of the molecule is CC(CNc1ccc(Cl)cc1F)C(N)=NO. The first kappa shape index (κ1) is 12.6. The van der Waals surface area contributed by atoms with Crippen molar-refractivity contribution in [2.24, 2.45) is 16.8 Å². The molecule has 0 saturated carbocycles. The first-order valence-corrected chi connectivity index (χ1v) is 5.08. The van der Waals surface area contributed by atoms with E-state index in [1.807, 2.05) is 0 Å². The topological polar surface area (TPSA) is 70.6 Å². The Balaban J connectivity index is 2.61. The van der Waals surface area contributed by atoms with E-state index in [1.54, 1.807) is 13.0 Å². The first-order chi connectivity index (χ1) is 7.54. The fraction of sp³-hybridized carbons (Fsp3) is 0.300. The summed E-state index contributed by atoms with van der Waals surface area (Å²) in [6.07, 6.45) is 0. The van der Waals surface area contributed by atoms with Gasteiger partial charge in [-0.05, 0) is 18.2 Å². The average Bonchev–Trinajstić information content (AvgIpc) is 2.26. The number of nitrogens with zero attached hydrogens (tertiary/aromatic N) is 1. The van der Waals surface area contributed by atoms with Crippen molar-refractivity contribution >= 4 is 23.1 Å². The van der Waals surface area contributed by atoms with E-state index in [2.05, 4.69) is 10.5 Å². The van der Waals surface area contributed by atoms with Crippen LogP contribution in [-0.4, -0.2) is 17.6 Å². The Bertz CT molecular complexity index is 398. The summed E-state index contributed by atoms with van der Waals surface area (Å²) in [6.45, 7) is 2.13. The number of anilines is 1. The lowest BCUT2D eigenvalue weighted by atomic mass is 10.1. The molecule has 1 rings (SSSR count). The van der Waals surface area contributed by atoms with Crippen LogP contribution >= 0.6 is 11.6 Å². The van der Waals surface area contributed by atoms with Gasteiger partial charge in [0.05, 0.1) is 5.69 Å². The van der Waals surface area contributed by atoms with E-state index in [-0.39, 0.29) is 11.8 Å². The lowest BCUT2D eigenvalue weighted by molar-refractivity contribution is 0.315. The molecular formula is C10H13ClFN3O. The maximum atomic E-state index is 13.3. The molecule has 0 amide bonds. The van der Waals surface area contributed by atoms with E-state index in [0.717, 1.165) is 0 Å². The van der Waals surface area contributed by atoms with Gasteiger partial charge in [0.2, 0.25) is 0 Å². The van der Waals surface area contributed by atoms with Crippen LogP contribution in [0.25, 0.3) is 0 Å². The average molecular weight is 246 g/mol. The molecule has 88 valence electrons. The molecule has 1 aromatic carbocycles. The van der Waals surface area contributed by atoms with Gasteiger partial charge in [-0.1, -0.05) is 23.7 Å². The van der Waals surface area contributed by atoms with Gasteiger partial charge in [-0.25, -0.2) is 4.39 Å². The summed E-state index contributed by atoms with van der Waals surface area (Å²) < 4.78 is 13.3. The number of halogens is 2. The number of rotatable bonds is 4. The second-order valence-electron chi connectivity index (χ2n) is 3.43. The molecule has 0 aliphatic rings. The predicted molar refractivity (Wildman–Crippen MR) is 62.5 cm³/mol. The maximum Gasteiger partial charge on any atom is 0.147 e. The summed E-state index contributed by atoms with van der Waals surface area (Å²) in [5.41, 5.74) is 5.72. The molecule has 0 aromatic heterocycles. The Labute approximate surface area is 97.9 Å². The number of nitrogens with two attached hydrogens (primary N) is 1. The molecule has 0 radical (unpaired) electrons. The van der Waals surface area contributed by atoms with Crippen molar-refractivity contribution in [3.05, 3.63) is 29.0 Å². The Morgan fingerprint density at radius 2 is 2.38 bits per heavy atom. The molecule has 0 fully saturated rings. The van der Waals surface area contributed by atoms with Crippen LogP contribution in [0.5, 0.6) is 0 Å². The second-order valence-corrected chi connectivity index (χ2v) is 3.87. The Morgan fingerprint density at radius 3 is 2.94 bits per heavy atom. The molecule has 16 heavy (non-hydrogen) atoms. The van der Waals surface area contributed by atoms with E-state index < -0.39 is 5.82 Å². The fourth-order valence-electron chi connectivity index (χ4n) is 1.10. The molecule has 6 heteroatoms. The smallest absolute Gasteiger partial charge is 0.147 e. The van der Waals surface area contributed by atoms with Gasteiger partial charge >= 0.3 is 0 Å². The number of oxime groups is 1. The summed E-state index contributed by atoms with van der Waals surface area (Å²) in [7, 11) is 0. The fourth-order valence-corrected chi connectivity index (χ4v) is 1.26. The van der Waals surface area contributed by atoms with Gasteiger partial charge in [0.15, 0.2) is 0 Å². The van der Waals surface area contributed by atoms with Gasteiger partial charge in [-0.3, -0.25) is 0 Å². The largest absolute Gasteiger partial charge is 0.409 e. The number of amidine groups is 1. The van der Waals surface area contributed by atoms with Crippen LogP contribution in [0.1, 0.15) is 6.92 Å². The van der Waals surface area contributed by atoms with Gasteiger partial charge in [-0.15, -0.1) is 0 Å². The summed E-state index contributed by atoms with van der Waals surface area (Å²) in [5, 5.41) is 14.5. The standard InChI is InChI=1S/C10H13ClFN3O/c1-6(10(13)15-16)5-14-9-3-2-7(11)4-8(9)12/h2-4,6,14,16H,5H2,1H3,(H2,13,15). The third kappa shape index (κ3) is 3.27. The molecule has 0 bridgehead atoms. The van der Waals surface area contributed by atoms with Gasteiger partial charge in [0.1, 0.15) is 11.7 Å². The van der Waals surface area contributed by atoms with Crippen molar-refractivity contribution < 1.29 is 9.60 Å². The molecule has 0 heterocycles. The summed E-state index contributed by atoms with van der Waals surface area (Å²) >= 11 is 5.61. The molecule has 0 spiro atoms. The number of hydrogen-bond donors (Lipinski definition) is 3. The van der Waals surface area contributed by atoms with Crippen LogP contribution < -0.4 is 11.1 Å². The van der Waals surface area contributed by atoms with Crippen LogP contribution in [-0.2, 0) is 0 Å². The van der Waals surface area contributed by atoms with Crippen LogP contribution in [0.4, 0.5) is 10.1 Å². The third-order valence-corrected chi connectivity index (χ3v) is 2.39. The van der Waals surface area contributed by atoms with Crippen LogP contribution in [0, 0.1) is 11.7 Å². The Kier molecular flexibility index (Phi) is 4.37. The molecule has 1 atom stereocenters. The molecule has 1 aromatic rings.